The first-order chi connectivity index (χ1) is 12.3. The molecule has 1 saturated heterocycles. The predicted molar refractivity (Wildman–Crippen MR) is 90.3 cm³/mol. The molecular weight excluding hydrogens is 342 g/mol. The van der Waals surface area contributed by atoms with Gasteiger partial charge in [0.1, 0.15) is 16.3 Å². The fraction of sp³-hybridized carbons (Fsp3) is 0.118. The van der Waals surface area contributed by atoms with Crippen LogP contribution in [0.4, 0.5) is 16.4 Å². The molecule has 0 saturated carbocycles. The molecule has 1 aromatic carbocycles. The molecule has 0 unspecified atom stereocenters. The lowest BCUT2D eigenvalue weighted by atomic mass is 10.1. The van der Waals surface area contributed by atoms with Gasteiger partial charge in [0.05, 0.1) is 11.8 Å². The maximum absolute atomic E-state index is 12.7. The Bertz CT molecular complexity index is 968. The molecule has 9 nitrogen and oxygen atoms in total. The number of carbonyl (C=O) groups is 3. The summed E-state index contributed by atoms with van der Waals surface area (Å²) in [6.45, 7) is 3.62. The average molecular weight is 355 g/mol. The van der Waals surface area contributed by atoms with Crippen LogP contribution in [0.2, 0.25) is 0 Å². The zero-order chi connectivity index (χ0) is 19.0. The van der Waals surface area contributed by atoms with Gasteiger partial charge < -0.3 is 4.42 Å². The number of urea groups is 1. The molecule has 1 aliphatic rings. The average Bonchev–Trinajstić information content (AvgIpc) is 2.99. The quantitative estimate of drug-likeness (QED) is 0.390. The van der Waals surface area contributed by atoms with Gasteiger partial charge in [-0.1, -0.05) is 6.07 Å². The number of rotatable bonds is 3. The van der Waals surface area contributed by atoms with E-state index in [-0.39, 0.29) is 11.3 Å². The third-order valence-electron chi connectivity index (χ3n) is 3.65. The third-order valence-corrected chi connectivity index (χ3v) is 3.65. The van der Waals surface area contributed by atoms with Crippen molar-refractivity contribution in [2.75, 3.05) is 4.90 Å². The molecule has 0 radical (unpaired) electrons. The smallest absolute Gasteiger partial charge is 0.401 e. The molecule has 1 aromatic heterocycles. The fourth-order valence-corrected chi connectivity index (χ4v) is 2.63. The van der Waals surface area contributed by atoms with E-state index >= 15 is 0 Å². The molecule has 2 heterocycles. The van der Waals surface area contributed by atoms with Crippen LogP contribution in [0.3, 0.4) is 0 Å². The van der Waals surface area contributed by atoms with Crippen LogP contribution in [0.1, 0.15) is 16.9 Å². The first kappa shape index (κ1) is 17.1. The van der Waals surface area contributed by atoms with Crippen LogP contribution in [0, 0.1) is 24.0 Å². The number of hydrogen-bond donors (Lipinski definition) is 1. The summed E-state index contributed by atoms with van der Waals surface area (Å²) in [6, 6.07) is 6.63. The van der Waals surface area contributed by atoms with Crippen LogP contribution in [0.15, 0.2) is 40.3 Å². The lowest BCUT2D eigenvalue weighted by Gasteiger charge is -2.26. The third kappa shape index (κ3) is 3.09. The number of benzene rings is 1. The summed E-state index contributed by atoms with van der Waals surface area (Å²) in [5.41, 5.74) is 1.62. The van der Waals surface area contributed by atoms with Crippen LogP contribution in [0.25, 0.3) is 6.08 Å². The molecule has 0 spiro atoms. The molecule has 0 aliphatic carbocycles. The van der Waals surface area contributed by atoms with Gasteiger partial charge in [-0.2, -0.15) is 0 Å². The van der Waals surface area contributed by atoms with Crippen molar-refractivity contribution in [2.24, 2.45) is 0 Å². The van der Waals surface area contributed by atoms with Gasteiger partial charge in [-0.25, -0.2) is 9.69 Å². The Labute approximate surface area is 147 Å². The second-order valence-electron chi connectivity index (χ2n) is 5.74. The lowest BCUT2D eigenvalue weighted by Crippen LogP contribution is -2.54. The highest BCUT2D eigenvalue weighted by atomic mass is 16.6. The van der Waals surface area contributed by atoms with E-state index in [1.807, 2.05) is 19.9 Å². The van der Waals surface area contributed by atoms with Gasteiger partial charge in [-0.15, -0.1) is 0 Å². The summed E-state index contributed by atoms with van der Waals surface area (Å²) in [4.78, 5) is 47.7. The van der Waals surface area contributed by atoms with E-state index in [2.05, 4.69) is 5.32 Å². The molecule has 2 aromatic rings. The molecule has 1 fully saturated rings. The summed E-state index contributed by atoms with van der Waals surface area (Å²) in [6.07, 6.45) is 1.06. The molecular formula is C17H13N3O6. The van der Waals surface area contributed by atoms with Gasteiger partial charge in [0.25, 0.3) is 11.8 Å². The Balaban J connectivity index is 2.02. The predicted octanol–water partition coefficient (Wildman–Crippen LogP) is 2.47. The molecule has 4 amide bonds. The number of anilines is 1. The fourth-order valence-electron chi connectivity index (χ4n) is 2.63. The number of hydrogen-bond acceptors (Lipinski definition) is 6. The molecule has 0 atom stereocenters. The lowest BCUT2D eigenvalue weighted by molar-refractivity contribution is -0.402. The summed E-state index contributed by atoms with van der Waals surface area (Å²) in [5, 5.41) is 12.8. The summed E-state index contributed by atoms with van der Waals surface area (Å²) >= 11 is 0. The minimum Gasteiger partial charge on any atom is -0.401 e. The van der Waals surface area contributed by atoms with Crippen molar-refractivity contribution in [1.82, 2.24) is 5.32 Å². The largest absolute Gasteiger partial charge is 0.433 e. The molecule has 9 heteroatoms. The SMILES string of the molecule is Cc1cc(C)cc(N2C(=O)NC(=O)C(=Cc3ccc([N+](=O)[O-])o3)C2=O)c1. The van der Waals surface area contributed by atoms with Crippen molar-refractivity contribution in [3.8, 4) is 0 Å². The highest BCUT2D eigenvalue weighted by Gasteiger charge is 2.37. The van der Waals surface area contributed by atoms with Crippen LogP contribution in [-0.4, -0.2) is 22.8 Å². The number of nitro groups is 1. The Morgan fingerprint density at radius 2 is 1.77 bits per heavy atom. The van der Waals surface area contributed by atoms with Crippen LogP contribution in [-0.2, 0) is 9.59 Å². The van der Waals surface area contributed by atoms with Crippen molar-refractivity contribution < 1.29 is 23.7 Å². The van der Waals surface area contributed by atoms with Gasteiger partial charge >= 0.3 is 11.9 Å². The van der Waals surface area contributed by atoms with Crippen molar-refractivity contribution in [2.45, 2.75) is 13.8 Å². The molecule has 1 N–H and O–H groups in total. The van der Waals surface area contributed by atoms with Crippen molar-refractivity contribution in [3.05, 3.63) is 62.9 Å². The van der Waals surface area contributed by atoms with Gasteiger partial charge in [0.2, 0.25) is 0 Å². The number of aryl methyl sites for hydroxylation is 2. The van der Waals surface area contributed by atoms with Crippen molar-refractivity contribution in [1.29, 1.82) is 0 Å². The molecule has 132 valence electrons. The maximum Gasteiger partial charge on any atom is 0.433 e. The van der Waals surface area contributed by atoms with Gasteiger partial charge in [0, 0.05) is 0 Å². The van der Waals surface area contributed by atoms with Crippen LogP contribution in [0.5, 0.6) is 0 Å². The standard InChI is InChI=1S/C17H13N3O6/c1-9-5-10(2)7-11(6-9)19-16(22)13(15(21)18-17(19)23)8-12-3-4-14(26-12)20(24)25/h3-8H,1-2H3,(H,18,21,23). The minimum absolute atomic E-state index is 0.0510. The van der Waals surface area contributed by atoms with Gasteiger partial charge in [-0.05, 0) is 49.2 Å². The van der Waals surface area contributed by atoms with E-state index in [0.29, 0.717) is 5.69 Å². The Morgan fingerprint density at radius 3 is 2.35 bits per heavy atom. The normalized spacial score (nSPS) is 16.2. The first-order valence-electron chi connectivity index (χ1n) is 7.50. The van der Waals surface area contributed by atoms with E-state index in [1.54, 1.807) is 12.1 Å². The molecule has 26 heavy (non-hydrogen) atoms. The highest BCUT2D eigenvalue weighted by molar-refractivity contribution is 6.39. The molecule has 0 bridgehead atoms. The second-order valence-corrected chi connectivity index (χ2v) is 5.74. The Morgan fingerprint density at radius 1 is 1.12 bits per heavy atom. The number of amides is 4. The van der Waals surface area contributed by atoms with Crippen molar-refractivity contribution >= 4 is 35.5 Å². The first-order valence-corrected chi connectivity index (χ1v) is 7.50. The number of imide groups is 2. The second kappa shape index (κ2) is 6.28. The summed E-state index contributed by atoms with van der Waals surface area (Å²) < 4.78 is 4.94. The number of nitrogens with zero attached hydrogens (tertiary/aromatic N) is 2. The monoisotopic (exact) mass is 355 g/mol. The number of furan rings is 1. The number of barbiturate groups is 1. The van der Waals surface area contributed by atoms with E-state index in [0.717, 1.165) is 28.2 Å². The highest BCUT2D eigenvalue weighted by Crippen LogP contribution is 2.25. The topological polar surface area (TPSA) is 123 Å². The number of carbonyl (C=O) groups excluding carboxylic acids is 3. The molecule has 1 aliphatic heterocycles. The maximum atomic E-state index is 12.7. The summed E-state index contributed by atoms with van der Waals surface area (Å²) in [7, 11) is 0. The zero-order valence-electron chi connectivity index (χ0n) is 13.8. The Hall–Kier alpha value is -3.75. The van der Waals surface area contributed by atoms with Gasteiger partial charge in [0.15, 0.2) is 0 Å². The molecule has 3 rings (SSSR count). The van der Waals surface area contributed by atoms with E-state index in [9.17, 15) is 24.5 Å². The summed E-state index contributed by atoms with van der Waals surface area (Å²) in [5.74, 6) is -2.32. The van der Waals surface area contributed by atoms with E-state index in [1.165, 1.54) is 6.07 Å². The van der Waals surface area contributed by atoms with Crippen molar-refractivity contribution in [3.63, 3.8) is 0 Å². The van der Waals surface area contributed by atoms with Gasteiger partial charge in [-0.3, -0.25) is 25.0 Å². The minimum atomic E-state index is -0.903. The van der Waals surface area contributed by atoms with Crippen LogP contribution < -0.4 is 10.2 Å². The van der Waals surface area contributed by atoms with E-state index in [4.69, 9.17) is 4.42 Å². The Kier molecular flexibility index (Phi) is 4.13. The van der Waals surface area contributed by atoms with E-state index < -0.39 is 28.7 Å². The van der Waals surface area contributed by atoms with Crippen LogP contribution >= 0.6 is 0 Å². The zero-order valence-corrected chi connectivity index (χ0v) is 13.8. The number of nitrogens with one attached hydrogen (secondary N) is 1.